The molecule has 0 saturated heterocycles. The van der Waals surface area contributed by atoms with Gasteiger partial charge in [0.1, 0.15) is 0 Å². The summed E-state index contributed by atoms with van der Waals surface area (Å²) in [5.41, 5.74) is -0.0242. The van der Waals surface area contributed by atoms with Crippen LogP contribution < -0.4 is 5.32 Å². The van der Waals surface area contributed by atoms with Gasteiger partial charge in [-0.2, -0.15) is 0 Å². The van der Waals surface area contributed by atoms with Crippen LogP contribution in [0, 0.1) is 5.92 Å². The number of rotatable bonds is 6. The maximum atomic E-state index is 10.9. The quantitative estimate of drug-likeness (QED) is 0.794. The summed E-state index contributed by atoms with van der Waals surface area (Å²) in [5, 5.41) is 12.0. The highest BCUT2D eigenvalue weighted by Gasteiger charge is 2.14. The Kier molecular flexibility index (Phi) is 4.87. The molecule has 1 atom stereocenters. The molecular formula is C12H19N3O2. The Morgan fingerprint density at radius 3 is 2.53 bits per heavy atom. The zero-order valence-corrected chi connectivity index (χ0v) is 10.5. The van der Waals surface area contributed by atoms with E-state index < -0.39 is 5.97 Å². The lowest BCUT2D eigenvalue weighted by Gasteiger charge is -2.16. The number of nitrogens with zero attached hydrogens (tertiary/aromatic N) is 2. The molecule has 0 aliphatic carbocycles. The van der Waals surface area contributed by atoms with Crippen molar-refractivity contribution in [1.29, 1.82) is 0 Å². The average molecular weight is 237 g/mol. The summed E-state index contributed by atoms with van der Waals surface area (Å²) in [6.07, 6.45) is 4.95. The molecule has 5 nitrogen and oxygen atoms in total. The van der Waals surface area contributed by atoms with E-state index in [1.165, 1.54) is 12.4 Å². The molecule has 0 aliphatic heterocycles. The fourth-order valence-electron chi connectivity index (χ4n) is 1.49. The lowest BCUT2D eigenvalue weighted by Crippen LogP contribution is -2.19. The number of aromatic carboxylic acids is 1. The van der Waals surface area contributed by atoms with E-state index in [4.69, 9.17) is 5.11 Å². The van der Waals surface area contributed by atoms with Crippen LogP contribution in [0.2, 0.25) is 0 Å². The van der Waals surface area contributed by atoms with Crippen LogP contribution >= 0.6 is 0 Å². The SMILES string of the molecule is CC(C)CCC(C)Nc1nccnc1C(=O)O. The number of aromatic nitrogens is 2. The highest BCUT2D eigenvalue weighted by atomic mass is 16.4. The lowest BCUT2D eigenvalue weighted by molar-refractivity contribution is 0.0691. The van der Waals surface area contributed by atoms with Gasteiger partial charge in [0, 0.05) is 18.4 Å². The van der Waals surface area contributed by atoms with E-state index in [2.05, 4.69) is 29.1 Å². The topological polar surface area (TPSA) is 75.1 Å². The van der Waals surface area contributed by atoms with Crippen molar-refractivity contribution in [2.75, 3.05) is 5.32 Å². The molecule has 1 aromatic heterocycles. The van der Waals surface area contributed by atoms with Crippen LogP contribution in [0.1, 0.15) is 44.1 Å². The molecule has 0 bridgehead atoms. The summed E-state index contributed by atoms with van der Waals surface area (Å²) >= 11 is 0. The molecular weight excluding hydrogens is 218 g/mol. The normalized spacial score (nSPS) is 12.5. The van der Waals surface area contributed by atoms with Gasteiger partial charge in [-0.3, -0.25) is 0 Å². The van der Waals surface area contributed by atoms with Crippen molar-refractivity contribution < 1.29 is 9.90 Å². The Morgan fingerprint density at radius 2 is 1.94 bits per heavy atom. The van der Waals surface area contributed by atoms with Gasteiger partial charge in [-0.1, -0.05) is 13.8 Å². The second kappa shape index (κ2) is 6.18. The first-order valence-electron chi connectivity index (χ1n) is 5.81. The number of hydrogen-bond acceptors (Lipinski definition) is 4. The second-order valence-electron chi connectivity index (χ2n) is 4.58. The van der Waals surface area contributed by atoms with Gasteiger partial charge in [0.25, 0.3) is 0 Å². The van der Waals surface area contributed by atoms with E-state index in [1.54, 1.807) is 0 Å². The molecule has 1 heterocycles. The van der Waals surface area contributed by atoms with Crippen LogP contribution in [-0.2, 0) is 0 Å². The summed E-state index contributed by atoms with van der Waals surface area (Å²) in [4.78, 5) is 18.7. The summed E-state index contributed by atoms with van der Waals surface area (Å²) in [6.45, 7) is 6.35. The molecule has 2 N–H and O–H groups in total. The van der Waals surface area contributed by atoms with Gasteiger partial charge in [-0.05, 0) is 25.7 Å². The Bertz CT molecular complexity index is 380. The van der Waals surface area contributed by atoms with Crippen LogP contribution in [0.5, 0.6) is 0 Å². The molecule has 94 valence electrons. The summed E-state index contributed by atoms with van der Waals surface area (Å²) in [7, 11) is 0. The van der Waals surface area contributed by atoms with Crippen LogP contribution in [0.3, 0.4) is 0 Å². The summed E-state index contributed by atoms with van der Waals surface area (Å²) in [5.74, 6) is -0.0760. The fraction of sp³-hybridized carbons (Fsp3) is 0.583. The minimum atomic E-state index is -1.06. The van der Waals surface area contributed by atoms with Crippen molar-refractivity contribution in [3.05, 3.63) is 18.1 Å². The predicted octanol–water partition coefficient (Wildman–Crippen LogP) is 2.41. The van der Waals surface area contributed by atoms with Crippen molar-refractivity contribution in [3.8, 4) is 0 Å². The highest BCUT2D eigenvalue weighted by Crippen LogP contribution is 2.13. The van der Waals surface area contributed by atoms with Gasteiger partial charge in [0.15, 0.2) is 11.5 Å². The molecule has 0 saturated carbocycles. The zero-order valence-electron chi connectivity index (χ0n) is 10.5. The zero-order chi connectivity index (χ0) is 12.8. The van der Waals surface area contributed by atoms with Crippen molar-refractivity contribution in [1.82, 2.24) is 9.97 Å². The van der Waals surface area contributed by atoms with E-state index >= 15 is 0 Å². The number of carboxylic acids is 1. The van der Waals surface area contributed by atoms with Crippen molar-refractivity contribution in [3.63, 3.8) is 0 Å². The molecule has 1 aromatic rings. The molecule has 17 heavy (non-hydrogen) atoms. The molecule has 0 aliphatic rings. The Hall–Kier alpha value is -1.65. The van der Waals surface area contributed by atoms with E-state index in [0.29, 0.717) is 11.7 Å². The first-order chi connectivity index (χ1) is 8.00. The third-order valence-corrected chi connectivity index (χ3v) is 2.46. The maximum Gasteiger partial charge on any atom is 0.358 e. The van der Waals surface area contributed by atoms with Crippen molar-refractivity contribution in [2.45, 2.75) is 39.7 Å². The monoisotopic (exact) mass is 237 g/mol. The third kappa shape index (κ3) is 4.38. The van der Waals surface area contributed by atoms with Gasteiger partial charge in [0.2, 0.25) is 0 Å². The number of anilines is 1. The molecule has 0 aromatic carbocycles. The smallest absolute Gasteiger partial charge is 0.358 e. The average Bonchev–Trinajstić information content (AvgIpc) is 2.27. The first-order valence-corrected chi connectivity index (χ1v) is 5.81. The number of hydrogen-bond donors (Lipinski definition) is 2. The Balaban J connectivity index is 2.64. The fourth-order valence-corrected chi connectivity index (χ4v) is 1.49. The van der Waals surface area contributed by atoms with Crippen LogP contribution in [0.25, 0.3) is 0 Å². The first kappa shape index (κ1) is 13.4. The number of carboxylic acid groups (broad SMARTS) is 1. The lowest BCUT2D eigenvalue weighted by atomic mass is 10.0. The van der Waals surface area contributed by atoms with Crippen molar-refractivity contribution >= 4 is 11.8 Å². The van der Waals surface area contributed by atoms with Gasteiger partial charge in [-0.25, -0.2) is 14.8 Å². The summed E-state index contributed by atoms with van der Waals surface area (Å²) in [6, 6.07) is 0.187. The minimum absolute atomic E-state index is 0.0242. The van der Waals surface area contributed by atoms with E-state index in [0.717, 1.165) is 12.8 Å². The van der Waals surface area contributed by atoms with Crippen molar-refractivity contribution in [2.24, 2.45) is 5.92 Å². The van der Waals surface area contributed by atoms with Crippen LogP contribution in [-0.4, -0.2) is 27.1 Å². The molecule has 1 rings (SSSR count). The molecule has 0 amide bonds. The van der Waals surface area contributed by atoms with Gasteiger partial charge < -0.3 is 10.4 Å². The minimum Gasteiger partial charge on any atom is -0.476 e. The largest absolute Gasteiger partial charge is 0.476 e. The summed E-state index contributed by atoms with van der Waals surface area (Å²) < 4.78 is 0. The standard InChI is InChI=1S/C12H19N3O2/c1-8(2)4-5-9(3)15-11-10(12(16)17)13-6-7-14-11/h6-9H,4-5H2,1-3H3,(H,14,15)(H,16,17). The van der Waals surface area contributed by atoms with Crippen LogP contribution in [0.4, 0.5) is 5.82 Å². The maximum absolute atomic E-state index is 10.9. The highest BCUT2D eigenvalue weighted by molar-refractivity contribution is 5.90. The Morgan fingerprint density at radius 1 is 1.29 bits per heavy atom. The third-order valence-electron chi connectivity index (χ3n) is 2.46. The van der Waals surface area contributed by atoms with Gasteiger partial charge in [0.05, 0.1) is 0 Å². The van der Waals surface area contributed by atoms with E-state index in [-0.39, 0.29) is 11.7 Å². The van der Waals surface area contributed by atoms with Gasteiger partial charge >= 0.3 is 5.97 Å². The van der Waals surface area contributed by atoms with E-state index in [1.807, 2.05) is 6.92 Å². The van der Waals surface area contributed by atoms with E-state index in [9.17, 15) is 4.79 Å². The molecule has 0 spiro atoms. The molecule has 0 radical (unpaired) electrons. The molecule has 1 unspecified atom stereocenters. The van der Waals surface area contributed by atoms with Crippen LogP contribution in [0.15, 0.2) is 12.4 Å². The number of carbonyl (C=O) groups is 1. The second-order valence-corrected chi connectivity index (χ2v) is 4.58. The molecule has 5 heteroatoms. The predicted molar refractivity (Wildman–Crippen MR) is 66.1 cm³/mol. The Labute approximate surface area is 101 Å². The van der Waals surface area contributed by atoms with Gasteiger partial charge in [-0.15, -0.1) is 0 Å². The molecule has 0 fully saturated rings. The number of nitrogens with one attached hydrogen (secondary N) is 1.